The largest absolute Gasteiger partial charge is 0.493 e. The second-order valence-electron chi connectivity index (χ2n) is 8.19. The van der Waals surface area contributed by atoms with Crippen LogP contribution in [0.25, 0.3) is 0 Å². The summed E-state index contributed by atoms with van der Waals surface area (Å²) in [5.41, 5.74) is 3.44. The Morgan fingerprint density at radius 3 is 2.29 bits per heavy atom. The van der Waals surface area contributed by atoms with Crippen molar-refractivity contribution in [3.05, 3.63) is 70.9 Å². The van der Waals surface area contributed by atoms with Crippen molar-refractivity contribution in [1.82, 2.24) is 10.0 Å². The zero-order chi connectivity index (χ0) is 22.1. The molecule has 4 rings (SSSR count). The Balaban J connectivity index is 1.86. The van der Waals surface area contributed by atoms with E-state index >= 15 is 0 Å². The van der Waals surface area contributed by atoms with Crippen LogP contribution in [0.1, 0.15) is 42.2 Å². The Morgan fingerprint density at radius 1 is 0.903 bits per heavy atom. The topological polar surface area (TPSA) is 59.1 Å². The first-order valence-corrected chi connectivity index (χ1v) is 10.5. The minimum absolute atomic E-state index is 0.0277. The molecule has 6 heteroatoms. The van der Waals surface area contributed by atoms with E-state index < -0.39 is 0 Å². The van der Waals surface area contributed by atoms with Gasteiger partial charge in [-0.2, -0.15) is 0 Å². The molecule has 0 aromatic heterocycles. The van der Waals surface area contributed by atoms with E-state index in [1.807, 2.05) is 50.5 Å². The van der Waals surface area contributed by atoms with Gasteiger partial charge in [-0.25, -0.2) is 10.0 Å². The highest BCUT2D eigenvalue weighted by atomic mass is 16.5. The minimum Gasteiger partial charge on any atom is -0.493 e. The number of Topliss-reactive ketones (excluding diaryl/α,β-unsaturated/α-hetero) is 1. The van der Waals surface area contributed by atoms with Crippen LogP contribution in [-0.4, -0.2) is 50.0 Å². The number of rotatable bonds is 5. The Morgan fingerprint density at radius 2 is 1.65 bits per heavy atom. The number of carbonyl (C=O) groups is 2. The summed E-state index contributed by atoms with van der Waals surface area (Å²) in [5.74, 6) is 0.923. The van der Waals surface area contributed by atoms with E-state index in [1.54, 1.807) is 24.2 Å². The fourth-order valence-electron chi connectivity index (χ4n) is 4.90. The molecule has 1 heterocycles. The summed E-state index contributed by atoms with van der Waals surface area (Å²) in [6.07, 6.45) is 1.28. The van der Waals surface area contributed by atoms with E-state index in [-0.39, 0.29) is 29.9 Å². The number of benzene rings is 2. The molecule has 162 valence electrons. The molecule has 31 heavy (non-hydrogen) atoms. The predicted octanol–water partition coefficient (Wildman–Crippen LogP) is 3.90. The molecule has 0 saturated heterocycles. The van der Waals surface area contributed by atoms with Crippen LogP contribution in [0.5, 0.6) is 11.5 Å². The standard InChI is InChI=1S/C25H28N2O4/c1-26(2)27-20-13-17(16-9-6-5-7-10-16)14-21(28)24(20)19(15-23(27)29)18-11-8-12-22(30-3)25(18)31-4/h5-12,17,19H,13-15H2,1-4H3/t17-,19-/m0/s1. The maximum Gasteiger partial charge on any atom is 0.242 e. The lowest BCUT2D eigenvalue weighted by Gasteiger charge is -2.43. The molecule has 0 spiro atoms. The molecule has 0 bridgehead atoms. The average Bonchev–Trinajstić information content (AvgIpc) is 2.77. The van der Waals surface area contributed by atoms with Crippen LogP contribution in [0.2, 0.25) is 0 Å². The highest BCUT2D eigenvalue weighted by molar-refractivity contribution is 6.02. The van der Waals surface area contributed by atoms with Gasteiger partial charge in [0.2, 0.25) is 5.91 Å². The number of methoxy groups -OCH3 is 2. The maximum absolute atomic E-state index is 13.5. The van der Waals surface area contributed by atoms with Gasteiger partial charge in [-0.3, -0.25) is 9.59 Å². The molecule has 2 aliphatic rings. The molecular weight excluding hydrogens is 392 g/mol. The van der Waals surface area contributed by atoms with Crippen molar-refractivity contribution in [2.75, 3.05) is 28.3 Å². The van der Waals surface area contributed by atoms with Crippen LogP contribution in [0, 0.1) is 0 Å². The van der Waals surface area contributed by atoms with Crippen LogP contribution < -0.4 is 9.47 Å². The number of allylic oxidation sites excluding steroid dienone is 2. The van der Waals surface area contributed by atoms with Crippen molar-refractivity contribution >= 4 is 11.7 Å². The van der Waals surface area contributed by atoms with E-state index in [9.17, 15) is 9.59 Å². The number of hydrogen-bond acceptors (Lipinski definition) is 5. The molecule has 2 aromatic carbocycles. The fourth-order valence-corrected chi connectivity index (χ4v) is 4.90. The first-order chi connectivity index (χ1) is 15.0. The van der Waals surface area contributed by atoms with Gasteiger partial charge in [0.05, 0.1) is 14.2 Å². The summed E-state index contributed by atoms with van der Waals surface area (Å²) in [6, 6.07) is 15.7. The van der Waals surface area contributed by atoms with Crippen molar-refractivity contribution in [2.24, 2.45) is 0 Å². The number of hydrogen-bond donors (Lipinski definition) is 0. The van der Waals surface area contributed by atoms with Gasteiger partial charge in [0.1, 0.15) is 0 Å². The van der Waals surface area contributed by atoms with Crippen molar-refractivity contribution in [3.63, 3.8) is 0 Å². The van der Waals surface area contributed by atoms with Gasteiger partial charge < -0.3 is 9.47 Å². The van der Waals surface area contributed by atoms with E-state index in [0.29, 0.717) is 29.9 Å². The molecule has 6 nitrogen and oxygen atoms in total. The van der Waals surface area contributed by atoms with Gasteiger partial charge in [-0.15, -0.1) is 0 Å². The lowest BCUT2D eigenvalue weighted by Crippen LogP contribution is -2.48. The lowest BCUT2D eigenvalue weighted by molar-refractivity contribution is -0.143. The fraction of sp³-hybridized carbons (Fsp3) is 0.360. The monoisotopic (exact) mass is 420 g/mol. The lowest BCUT2D eigenvalue weighted by atomic mass is 9.73. The number of para-hydroxylation sites is 1. The third-order valence-corrected chi connectivity index (χ3v) is 6.18. The predicted molar refractivity (Wildman–Crippen MR) is 118 cm³/mol. The normalized spacial score (nSPS) is 21.4. The minimum atomic E-state index is -0.354. The Labute approximate surface area is 183 Å². The van der Waals surface area contributed by atoms with Gasteiger partial charge >= 0.3 is 0 Å². The van der Waals surface area contributed by atoms with Crippen LogP contribution in [-0.2, 0) is 9.59 Å². The molecule has 2 aromatic rings. The summed E-state index contributed by atoms with van der Waals surface area (Å²) < 4.78 is 11.1. The first-order valence-electron chi connectivity index (χ1n) is 10.5. The van der Waals surface area contributed by atoms with Gasteiger partial charge in [0.25, 0.3) is 0 Å². The Bertz CT molecular complexity index is 1030. The smallest absolute Gasteiger partial charge is 0.242 e. The second kappa shape index (κ2) is 8.55. The highest BCUT2D eigenvalue weighted by Crippen LogP contribution is 2.48. The summed E-state index contributed by atoms with van der Waals surface area (Å²) in [6.45, 7) is 0. The van der Waals surface area contributed by atoms with E-state index in [0.717, 1.165) is 16.8 Å². The van der Waals surface area contributed by atoms with E-state index in [2.05, 4.69) is 12.1 Å². The second-order valence-corrected chi connectivity index (χ2v) is 8.19. The third-order valence-electron chi connectivity index (χ3n) is 6.18. The molecular formula is C25H28N2O4. The quantitative estimate of drug-likeness (QED) is 0.734. The number of ketones is 1. The number of ether oxygens (including phenoxy) is 2. The Kier molecular flexibility index (Phi) is 5.83. The first kappa shape index (κ1) is 21.1. The van der Waals surface area contributed by atoms with Crippen molar-refractivity contribution in [2.45, 2.75) is 31.1 Å². The summed E-state index contributed by atoms with van der Waals surface area (Å²) in [7, 11) is 6.85. The number of carbonyl (C=O) groups excluding carboxylic acids is 2. The molecule has 1 aliphatic carbocycles. The molecule has 1 aliphatic heterocycles. The molecule has 1 amide bonds. The zero-order valence-electron chi connectivity index (χ0n) is 18.4. The van der Waals surface area contributed by atoms with Crippen LogP contribution in [0.4, 0.5) is 0 Å². The average molecular weight is 421 g/mol. The van der Waals surface area contributed by atoms with E-state index in [1.165, 1.54) is 0 Å². The van der Waals surface area contributed by atoms with Crippen LogP contribution in [0.15, 0.2) is 59.8 Å². The molecule has 2 atom stereocenters. The number of nitrogens with zero attached hydrogens (tertiary/aromatic N) is 2. The van der Waals surface area contributed by atoms with Crippen molar-refractivity contribution in [1.29, 1.82) is 0 Å². The SMILES string of the molecule is COc1cccc([C@@H]2CC(=O)N(N(C)C)C3=C2C(=O)C[C@@H](c2ccccc2)C3)c1OC. The number of amides is 1. The molecule has 0 saturated carbocycles. The highest BCUT2D eigenvalue weighted by Gasteiger charge is 2.43. The van der Waals surface area contributed by atoms with E-state index in [4.69, 9.17) is 9.47 Å². The van der Waals surface area contributed by atoms with Gasteiger partial charge in [-0.1, -0.05) is 42.5 Å². The third kappa shape index (κ3) is 3.72. The molecule has 0 N–H and O–H groups in total. The van der Waals surface area contributed by atoms with Crippen LogP contribution in [0.3, 0.4) is 0 Å². The molecule has 0 unspecified atom stereocenters. The maximum atomic E-state index is 13.5. The van der Waals surface area contributed by atoms with Gasteiger partial charge in [0.15, 0.2) is 17.3 Å². The number of hydrazine groups is 1. The van der Waals surface area contributed by atoms with Gasteiger partial charge in [-0.05, 0) is 24.0 Å². The van der Waals surface area contributed by atoms with Crippen molar-refractivity contribution < 1.29 is 19.1 Å². The Hall–Kier alpha value is -3.12. The van der Waals surface area contributed by atoms with Crippen LogP contribution >= 0.6 is 0 Å². The molecule has 0 fully saturated rings. The van der Waals surface area contributed by atoms with Crippen molar-refractivity contribution in [3.8, 4) is 11.5 Å². The zero-order valence-corrected chi connectivity index (χ0v) is 18.4. The molecule has 0 radical (unpaired) electrons. The van der Waals surface area contributed by atoms with Gasteiger partial charge in [0, 0.05) is 49.7 Å². The summed E-state index contributed by atoms with van der Waals surface area (Å²) in [5, 5.41) is 3.45. The summed E-state index contributed by atoms with van der Waals surface area (Å²) in [4.78, 5) is 26.8. The summed E-state index contributed by atoms with van der Waals surface area (Å²) >= 11 is 0.